The van der Waals surface area contributed by atoms with E-state index >= 15 is 0 Å². The quantitative estimate of drug-likeness (QED) is 0.558. The van der Waals surface area contributed by atoms with E-state index in [-0.39, 0.29) is 6.42 Å². The number of hydrogen-bond donors (Lipinski definition) is 3. The van der Waals surface area contributed by atoms with E-state index in [1.54, 1.807) is 18.4 Å². The number of aromatic nitrogens is 1. The molecule has 0 aliphatic heterocycles. The predicted molar refractivity (Wildman–Crippen MR) is 95.0 cm³/mol. The normalized spacial score (nSPS) is 12.5. The number of carboxylic acid groups (broad SMARTS) is 1. The van der Waals surface area contributed by atoms with E-state index in [0.717, 1.165) is 16.1 Å². The predicted octanol–water partition coefficient (Wildman–Crippen LogP) is 3.76. The number of hydrogen-bond acceptors (Lipinski definition) is 6. The Morgan fingerprint density at radius 1 is 1.50 bits per heavy atom. The molecule has 9 heteroatoms. The van der Waals surface area contributed by atoms with Crippen LogP contribution in [0, 0.1) is 0 Å². The van der Waals surface area contributed by atoms with Crippen LogP contribution in [0.15, 0.2) is 28.9 Å². The van der Waals surface area contributed by atoms with Gasteiger partial charge in [0, 0.05) is 17.4 Å². The van der Waals surface area contributed by atoms with Crippen LogP contribution in [0.4, 0.5) is 5.69 Å². The lowest BCUT2D eigenvalue weighted by molar-refractivity contribution is -0.138. The maximum Gasteiger partial charge on any atom is 0.320 e. The van der Waals surface area contributed by atoms with Crippen LogP contribution >= 0.6 is 34.5 Å². The number of halogens is 2. The molecule has 3 aromatic rings. The number of nitrogens with one attached hydrogen (secondary N) is 1. The van der Waals surface area contributed by atoms with Crippen LogP contribution in [-0.2, 0) is 17.8 Å². The zero-order valence-corrected chi connectivity index (χ0v) is 14.6. The van der Waals surface area contributed by atoms with Crippen LogP contribution in [0.1, 0.15) is 10.6 Å². The van der Waals surface area contributed by atoms with Gasteiger partial charge in [0.25, 0.3) is 0 Å². The molecule has 0 aromatic carbocycles. The number of thiophene rings is 1. The van der Waals surface area contributed by atoms with Gasteiger partial charge < -0.3 is 20.6 Å². The smallest absolute Gasteiger partial charge is 0.320 e. The first-order chi connectivity index (χ1) is 11.5. The van der Waals surface area contributed by atoms with Crippen molar-refractivity contribution in [1.82, 2.24) is 4.98 Å². The average Bonchev–Trinajstić information content (AvgIpc) is 3.15. The number of nitrogens with two attached hydrogens (primary N) is 1. The van der Waals surface area contributed by atoms with Gasteiger partial charge in [0.05, 0.1) is 28.2 Å². The number of pyridine rings is 1. The van der Waals surface area contributed by atoms with Crippen LogP contribution in [0.25, 0.3) is 10.2 Å². The minimum atomic E-state index is -1.08. The van der Waals surface area contributed by atoms with Crippen molar-refractivity contribution in [2.75, 3.05) is 5.32 Å². The Bertz CT molecular complexity index is 880. The van der Waals surface area contributed by atoms with Gasteiger partial charge in [-0.05, 0) is 12.1 Å². The second-order valence-electron chi connectivity index (χ2n) is 5.09. The van der Waals surface area contributed by atoms with Crippen LogP contribution in [0.2, 0.25) is 10.2 Å². The van der Waals surface area contributed by atoms with Crippen molar-refractivity contribution in [2.45, 2.75) is 19.0 Å². The van der Waals surface area contributed by atoms with E-state index in [1.807, 2.05) is 6.07 Å². The van der Waals surface area contributed by atoms with Gasteiger partial charge in [-0.2, -0.15) is 0 Å². The molecule has 0 spiro atoms. The molecule has 0 amide bonds. The molecule has 24 heavy (non-hydrogen) atoms. The van der Waals surface area contributed by atoms with Gasteiger partial charge in [0.1, 0.15) is 22.5 Å². The Morgan fingerprint density at radius 2 is 2.29 bits per heavy atom. The highest BCUT2D eigenvalue weighted by Crippen LogP contribution is 2.40. The summed E-state index contributed by atoms with van der Waals surface area (Å²) in [5.74, 6) is -0.308. The van der Waals surface area contributed by atoms with Gasteiger partial charge in [-0.25, -0.2) is 4.98 Å². The van der Waals surface area contributed by atoms with Crippen LogP contribution in [-0.4, -0.2) is 22.1 Å². The average molecular weight is 386 g/mol. The molecule has 126 valence electrons. The first-order valence-corrected chi connectivity index (χ1v) is 8.55. The molecule has 0 radical (unpaired) electrons. The number of carbonyl (C=O) groups is 1. The van der Waals surface area contributed by atoms with Crippen LogP contribution in [0.3, 0.4) is 0 Å². The Balaban J connectivity index is 1.95. The molecule has 0 fully saturated rings. The summed E-state index contributed by atoms with van der Waals surface area (Å²) in [5.41, 5.74) is 6.89. The number of fused-ring (bicyclic) bond motifs is 1. The number of carboxylic acids is 1. The largest absolute Gasteiger partial charge is 0.480 e. The molecule has 0 saturated heterocycles. The molecule has 0 aliphatic rings. The zero-order valence-electron chi connectivity index (χ0n) is 12.3. The number of anilines is 1. The van der Waals surface area contributed by atoms with E-state index in [0.29, 0.717) is 27.1 Å². The molecule has 1 atom stereocenters. The minimum absolute atomic E-state index is 0.129. The summed E-state index contributed by atoms with van der Waals surface area (Å²) >= 11 is 13.8. The Morgan fingerprint density at radius 3 is 2.96 bits per heavy atom. The maximum absolute atomic E-state index is 11.0. The number of rotatable bonds is 6. The van der Waals surface area contributed by atoms with Crippen LogP contribution < -0.4 is 11.1 Å². The third kappa shape index (κ3) is 3.49. The summed E-state index contributed by atoms with van der Waals surface area (Å²) in [5, 5.41) is 12.9. The molecule has 3 rings (SSSR count). The lowest BCUT2D eigenvalue weighted by atomic mass is 10.2. The number of aliphatic carboxylic acids is 1. The molecule has 0 saturated carbocycles. The highest BCUT2D eigenvalue weighted by Gasteiger charge is 2.20. The summed E-state index contributed by atoms with van der Waals surface area (Å²) < 4.78 is 6.08. The van der Waals surface area contributed by atoms with E-state index in [4.69, 9.17) is 38.5 Å². The third-order valence-corrected chi connectivity index (χ3v) is 5.32. The van der Waals surface area contributed by atoms with Crippen molar-refractivity contribution < 1.29 is 14.3 Å². The molecule has 4 N–H and O–H groups in total. The second-order valence-corrected chi connectivity index (χ2v) is 6.96. The number of furan rings is 1. The summed E-state index contributed by atoms with van der Waals surface area (Å²) in [6.45, 7) is 0.474. The van der Waals surface area contributed by atoms with Crippen molar-refractivity contribution in [3.8, 4) is 0 Å². The van der Waals surface area contributed by atoms with Gasteiger partial charge >= 0.3 is 5.97 Å². The zero-order chi connectivity index (χ0) is 17.3. The number of nitrogens with zero attached hydrogens (tertiary/aromatic N) is 1. The fourth-order valence-corrected chi connectivity index (χ4v) is 3.96. The fraction of sp³-hybridized carbons (Fsp3) is 0.200. The van der Waals surface area contributed by atoms with Crippen LogP contribution in [0.5, 0.6) is 0 Å². The summed E-state index contributed by atoms with van der Waals surface area (Å²) in [7, 11) is 0. The summed E-state index contributed by atoms with van der Waals surface area (Å²) in [6, 6.07) is 4.33. The Hall–Kier alpha value is -1.80. The molecule has 0 bridgehead atoms. The first-order valence-electron chi connectivity index (χ1n) is 6.97. The molecule has 0 unspecified atom stereocenters. The van der Waals surface area contributed by atoms with Crippen molar-refractivity contribution in [2.24, 2.45) is 5.73 Å². The van der Waals surface area contributed by atoms with Crippen molar-refractivity contribution >= 4 is 56.4 Å². The topological polar surface area (TPSA) is 101 Å². The maximum atomic E-state index is 11.0. The minimum Gasteiger partial charge on any atom is -0.480 e. The standard InChI is InChI=1S/C15H13Cl2N3O3S/c16-11-5-9(19-6-7-2-1-3-23-7)14-13(20-11)12(17)10(24-14)4-8(18)15(21)22/h1-3,5,8H,4,6,18H2,(H,19,20)(H,21,22)/t8-/m1/s1. The lowest BCUT2D eigenvalue weighted by Crippen LogP contribution is -2.31. The second kappa shape index (κ2) is 6.98. The van der Waals surface area contributed by atoms with E-state index in [1.165, 1.54) is 11.3 Å². The molecular weight excluding hydrogens is 373 g/mol. The molecule has 0 aliphatic carbocycles. The Labute approximate surface area is 151 Å². The highest BCUT2D eigenvalue weighted by atomic mass is 35.5. The molecule has 6 nitrogen and oxygen atoms in total. The van der Waals surface area contributed by atoms with Crippen molar-refractivity contribution in [3.05, 3.63) is 45.3 Å². The van der Waals surface area contributed by atoms with Gasteiger partial charge in [-0.1, -0.05) is 23.2 Å². The van der Waals surface area contributed by atoms with Gasteiger partial charge in [-0.3, -0.25) is 4.79 Å². The monoisotopic (exact) mass is 385 g/mol. The van der Waals surface area contributed by atoms with Gasteiger partial charge in [-0.15, -0.1) is 11.3 Å². The van der Waals surface area contributed by atoms with E-state index in [2.05, 4.69) is 10.3 Å². The van der Waals surface area contributed by atoms with E-state index < -0.39 is 12.0 Å². The SMILES string of the molecule is N[C@H](Cc1sc2c(NCc3ccco3)cc(Cl)nc2c1Cl)C(=O)O. The third-order valence-electron chi connectivity index (χ3n) is 3.38. The van der Waals surface area contributed by atoms with E-state index in [9.17, 15) is 4.79 Å². The first kappa shape index (κ1) is 17.0. The Kier molecular flexibility index (Phi) is 4.96. The van der Waals surface area contributed by atoms with Gasteiger partial charge in [0.2, 0.25) is 0 Å². The van der Waals surface area contributed by atoms with Gasteiger partial charge in [0.15, 0.2) is 0 Å². The summed E-state index contributed by atoms with van der Waals surface area (Å²) in [6.07, 6.45) is 1.73. The van der Waals surface area contributed by atoms with Crippen molar-refractivity contribution in [3.63, 3.8) is 0 Å². The lowest BCUT2D eigenvalue weighted by Gasteiger charge is -2.06. The summed E-state index contributed by atoms with van der Waals surface area (Å²) in [4.78, 5) is 15.9. The molecular formula is C15H13Cl2N3O3S. The molecule has 3 heterocycles. The van der Waals surface area contributed by atoms with Crippen molar-refractivity contribution in [1.29, 1.82) is 0 Å². The molecule has 3 aromatic heterocycles. The highest BCUT2D eigenvalue weighted by molar-refractivity contribution is 7.20. The fourth-order valence-electron chi connectivity index (χ4n) is 2.20.